The van der Waals surface area contributed by atoms with Gasteiger partial charge in [-0.25, -0.2) is 0 Å². The monoisotopic (exact) mass is 242 g/mol. The van der Waals surface area contributed by atoms with Crippen LogP contribution < -0.4 is 5.32 Å². The van der Waals surface area contributed by atoms with Gasteiger partial charge in [-0.05, 0) is 58.3 Å². The molecule has 3 nitrogen and oxygen atoms in total. The van der Waals surface area contributed by atoms with Crippen molar-refractivity contribution in [2.45, 2.75) is 57.9 Å². The molecule has 3 heteroatoms. The summed E-state index contributed by atoms with van der Waals surface area (Å²) < 4.78 is 0. The highest BCUT2D eigenvalue weighted by Crippen LogP contribution is 2.10. The SMILES string of the molecule is CCN1CCCC(NCCCCCCO)CC1. The molecule has 0 amide bonds. The summed E-state index contributed by atoms with van der Waals surface area (Å²) in [6.45, 7) is 7.51. The average molecular weight is 242 g/mol. The van der Waals surface area contributed by atoms with E-state index in [1.807, 2.05) is 0 Å². The van der Waals surface area contributed by atoms with E-state index in [1.54, 1.807) is 0 Å². The van der Waals surface area contributed by atoms with Crippen LogP contribution >= 0.6 is 0 Å². The van der Waals surface area contributed by atoms with Crippen molar-refractivity contribution in [2.24, 2.45) is 0 Å². The normalized spacial score (nSPS) is 22.6. The number of hydrogen-bond acceptors (Lipinski definition) is 3. The Hall–Kier alpha value is -0.120. The highest BCUT2D eigenvalue weighted by molar-refractivity contribution is 4.74. The van der Waals surface area contributed by atoms with E-state index in [2.05, 4.69) is 17.1 Å². The number of hydrogen-bond donors (Lipinski definition) is 2. The van der Waals surface area contributed by atoms with E-state index in [-0.39, 0.29) is 0 Å². The van der Waals surface area contributed by atoms with Crippen molar-refractivity contribution in [3.8, 4) is 0 Å². The topological polar surface area (TPSA) is 35.5 Å². The first-order valence-corrected chi connectivity index (χ1v) is 7.43. The fraction of sp³-hybridized carbons (Fsp3) is 1.00. The molecule has 0 aromatic heterocycles. The van der Waals surface area contributed by atoms with Gasteiger partial charge in [0, 0.05) is 12.6 Å². The molecule has 0 saturated carbocycles. The Kier molecular flexibility index (Phi) is 8.67. The second-order valence-corrected chi connectivity index (χ2v) is 5.15. The molecule has 1 heterocycles. The Bertz CT molecular complexity index is 176. The lowest BCUT2D eigenvalue weighted by atomic mass is 10.1. The quantitative estimate of drug-likeness (QED) is 0.639. The smallest absolute Gasteiger partial charge is 0.0431 e. The molecule has 1 rings (SSSR count). The van der Waals surface area contributed by atoms with Gasteiger partial charge in [0.2, 0.25) is 0 Å². The van der Waals surface area contributed by atoms with Crippen LogP contribution in [-0.4, -0.2) is 48.8 Å². The van der Waals surface area contributed by atoms with Crippen molar-refractivity contribution in [1.29, 1.82) is 0 Å². The molecule has 0 radical (unpaired) electrons. The molecule has 0 aromatic rings. The van der Waals surface area contributed by atoms with E-state index in [4.69, 9.17) is 5.11 Å². The number of unbranched alkanes of at least 4 members (excludes halogenated alkanes) is 3. The van der Waals surface area contributed by atoms with Gasteiger partial charge < -0.3 is 15.3 Å². The number of nitrogens with one attached hydrogen (secondary N) is 1. The maximum atomic E-state index is 8.69. The van der Waals surface area contributed by atoms with Crippen molar-refractivity contribution in [2.75, 3.05) is 32.8 Å². The molecular formula is C14H30N2O. The Morgan fingerprint density at radius 1 is 1.12 bits per heavy atom. The van der Waals surface area contributed by atoms with Gasteiger partial charge in [-0.15, -0.1) is 0 Å². The summed E-state index contributed by atoms with van der Waals surface area (Å²) in [7, 11) is 0. The van der Waals surface area contributed by atoms with Gasteiger partial charge in [-0.1, -0.05) is 19.8 Å². The van der Waals surface area contributed by atoms with Crippen LogP contribution in [0.25, 0.3) is 0 Å². The third-order valence-corrected chi connectivity index (χ3v) is 3.79. The zero-order valence-electron chi connectivity index (χ0n) is 11.5. The minimum Gasteiger partial charge on any atom is -0.396 e. The van der Waals surface area contributed by atoms with Crippen LogP contribution in [0, 0.1) is 0 Å². The summed E-state index contributed by atoms with van der Waals surface area (Å²) in [4.78, 5) is 2.56. The zero-order valence-corrected chi connectivity index (χ0v) is 11.5. The first kappa shape index (κ1) is 14.9. The highest BCUT2D eigenvalue weighted by atomic mass is 16.2. The van der Waals surface area contributed by atoms with Crippen LogP contribution in [0.4, 0.5) is 0 Å². The largest absolute Gasteiger partial charge is 0.396 e. The van der Waals surface area contributed by atoms with Gasteiger partial charge in [0.1, 0.15) is 0 Å². The summed E-state index contributed by atoms with van der Waals surface area (Å²) in [5, 5.41) is 12.4. The first-order chi connectivity index (χ1) is 8.36. The Morgan fingerprint density at radius 3 is 2.71 bits per heavy atom. The van der Waals surface area contributed by atoms with Gasteiger partial charge in [0.25, 0.3) is 0 Å². The summed E-state index contributed by atoms with van der Waals surface area (Å²) >= 11 is 0. The molecule has 1 saturated heterocycles. The van der Waals surface area contributed by atoms with E-state index < -0.39 is 0 Å². The van der Waals surface area contributed by atoms with Crippen LogP contribution in [0.2, 0.25) is 0 Å². The molecule has 0 spiro atoms. The summed E-state index contributed by atoms with van der Waals surface area (Å²) in [6.07, 6.45) is 8.64. The standard InChI is InChI=1S/C14H30N2O/c1-2-16-11-7-8-14(9-12-16)15-10-5-3-4-6-13-17/h14-15,17H,2-13H2,1H3. The van der Waals surface area contributed by atoms with E-state index in [0.29, 0.717) is 6.61 Å². The Morgan fingerprint density at radius 2 is 1.94 bits per heavy atom. The van der Waals surface area contributed by atoms with Crippen LogP contribution in [0.1, 0.15) is 51.9 Å². The lowest BCUT2D eigenvalue weighted by Crippen LogP contribution is -2.31. The van der Waals surface area contributed by atoms with Crippen LogP contribution in [0.15, 0.2) is 0 Å². The van der Waals surface area contributed by atoms with Gasteiger partial charge in [-0.2, -0.15) is 0 Å². The van der Waals surface area contributed by atoms with Crippen LogP contribution in [-0.2, 0) is 0 Å². The Labute approximate surface area is 107 Å². The highest BCUT2D eigenvalue weighted by Gasteiger charge is 2.14. The number of nitrogens with zero attached hydrogens (tertiary/aromatic N) is 1. The van der Waals surface area contributed by atoms with Crippen LogP contribution in [0.5, 0.6) is 0 Å². The Balaban J connectivity index is 1.99. The third kappa shape index (κ3) is 7.02. The first-order valence-electron chi connectivity index (χ1n) is 7.43. The van der Waals surface area contributed by atoms with E-state index in [0.717, 1.165) is 19.0 Å². The van der Waals surface area contributed by atoms with E-state index in [9.17, 15) is 0 Å². The molecule has 102 valence electrons. The summed E-state index contributed by atoms with van der Waals surface area (Å²) in [5.74, 6) is 0. The predicted molar refractivity (Wildman–Crippen MR) is 73.3 cm³/mol. The number of rotatable bonds is 8. The van der Waals surface area contributed by atoms with Gasteiger partial charge in [-0.3, -0.25) is 0 Å². The van der Waals surface area contributed by atoms with Crippen molar-refractivity contribution in [3.63, 3.8) is 0 Å². The predicted octanol–water partition coefficient (Wildman–Crippen LogP) is 2.00. The van der Waals surface area contributed by atoms with Gasteiger partial charge in [0.05, 0.1) is 0 Å². The fourth-order valence-corrected chi connectivity index (χ4v) is 2.57. The number of aliphatic hydroxyl groups is 1. The van der Waals surface area contributed by atoms with Crippen molar-refractivity contribution in [1.82, 2.24) is 10.2 Å². The number of likely N-dealkylation sites (tertiary alicyclic amines) is 1. The maximum Gasteiger partial charge on any atom is 0.0431 e. The number of aliphatic hydroxyl groups excluding tert-OH is 1. The van der Waals surface area contributed by atoms with Gasteiger partial charge in [0.15, 0.2) is 0 Å². The van der Waals surface area contributed by atoms with Crippen LogP contribution in [0.3, 0.4) is 0 Å². The summed E-state index contributed by atoms with van der Waals surface area (Å²) in [5.41, 5.74) is 0. The third-order valence-electron chi connectivity index (χ3n) is 3.79. The second kappa shape index (κ2) is 9.86. The van der Waals surface area contributed by atoms with Crippen molar-refractivity contribution in [3.05, 3.63) is 0 Å². The molecule has 1 fully saturated rings. The minimum absolute atomic E-state index is 0.350. The molecule has 1 aliphatic heterocycles. The lowest BCUT2D eigenvalue weighted by molar-refractivity contribution is 0.282. The molecule has 1 aliphatic rings. The molecule has 1 atom stereocenters. The fourth-order valence-electron chi connectivity index (χ4n) is 2.57. The van der Waals surface area contributed by atoms with E-state index >= 15 is 0 Å². The molecule has 0 aliphatic carbocycles. The lowest BCUT2D eigenvalue weighted by Gasteiger charge is -2.18. The zero-order chi connectivity index (χ0) is 12.3. The molecule has 0 aromatic carbocycles. The average Bonchev–Trinajstić information content (AvgIpc) is 2.59. The second-order valence-electron chi connectivity index (χ2n) is 5.15. The minimum atomic E-state index is 0.350. The molecule has 2 N–H and O–H groups in total. The van der Waals surface area contributed by atoms with Gasteiger partial charge >= 0.3 is 0 Å². The van der Waals surface area contributed by atoms with Crippen molar-refractivity contribution >= 4 is 0 Å². The van der Waals surface area contributed by atoms with Crippen molar-refractivity contribution < 1.29 is 5.11 Å². The molecule has 0 bridgehead atoms. The molecule has 17 heavy (non-hydrogen) atoms. The molecule has 1 unspecified atom stereocenters. The van der Waals surface area contributed by atoms with E-state index in [1.165, 1.54) is 58.2 Å². The summed E-state index contributed by atoms with van der Waals surface area (Å²) in [6, 6.07) is 0.740. The molecular weight excluding hydrogens is 212 g/mol. The maximum absolute atomic E-state index is 8.69.